The van der Waals surface area contributed by atoms with E-state index in [1.807, 2.05) is 6.92 Å². The molecule has 0 unspecified atom stereocenters. The molecule has 0 spiro atoms. The predicted octanol–water partition coefficient (Wildman–Crippen LogP) is 1.28. The number of nitrogens with zero attached hydrogens (tertiary/aromatic N) is 3. The molecule has 1 saturated carbocycles. The third-order valence-corrected chi connectivity index (χ3v) is 3.75. The van der Waals surface area contributed by atoms with E-state index in [9.17, 15) is 0 Å². The molecule has 1 aliphatic heterocycles. The molecule has 5 nitrogen and oxygen atoms in total. The van der Waals surface area contributed by atoms with Gasteiger partial charge in [0.2, 0.25) is 0 Å². The van der Waals surface area contributed by atoms with E-state index in [0.29, 0.717) is 17.8 Å². The van der Waals surface area contributed by atoms with Crippen LogP contribution in [0.25, 0.3) is 0 Å². The highest BCUT2D eigenvalue weighted by Gasteiger charge is 2.37. The lowest BCUT2D eigenvalue weighted by Crippen LogP contribution is -2.51. The molecular weight excluding hydrogens is 238 g/mol. The maximum atomic E-state index is 5.87. The molecule has 0 atom stereocenters. The van der Waals surface area contributed by atoms with Gasteiger partial charge in [0.25, 0.3) is 0 Å². The van der Waals surface area contributed by atoms with Crippen molar-refractivity contribution >= 4 is 24.3 Å². The number of nitrogens with two attached hydrogens (primary N) is 2. The normalized spacial score (nSPS) is 24.7. The molecule has 0 aromatic heterocycles. The summed E-state index contributed by atoms with van der Waals surface area (Å²) in [6.07, 6.45) is 6.20. The maximum absolute atomic E-state index is 5.87. The van der Waals surface area contributed by atoms with E-state index in [2.05, 4.69) is 9.98 Å². The molecule has 98 valence electrons. The van der Waals surface area contributed by atoms with Gasteiger partial charge in [-0.1, -0.05) is 19.3 Å². The first kappa shape index (κ1) is 14.1. The predicted molar refractivity (Wildman–Crippen MR) is 73.2 cm³/mol. The van der Waals surface area contributed by atoms with Crippen molar-refractivity contribution in [1.82, 2.24) is 4.90 Å². The Morgan fingerprint density at radius 3 is 2.06 bits per heavy atom. The van der Waals surface area contributed by atoms with Crippen LogP contribution in [0.2, 0.25) is 0 Å². The quantitative estimate of drug-likeness (QED) is 0.744. The Labute approximate surface area is 109 Å². The Bertz CT molecular complexity index is 313. The average molecular weight is 260 g/mol. The zero-order valence-electron chi connectivity index (χ0n) is 10.5. The van der Waals surface area contributed by atoms with Gasteiger partial charge in [-0.3, -0.25) is 4.90 Å². The molecule has 4 N–H and O–H groups in total. The van der Waals surface area contributed by atoms with Gasteiger partial charge in [-0.2, -0.15) is 0 Å². The molecular formula is C11H22ClN5. The van der Waals surface area contributed by atoms with Crippen LogP contribution < -0.4 is 11.5 Å². The third kappa shape index (κ3) is 2.65. The lowest BCUT2D eigenvalue weighted by Gasteiger charge is -2.38. The zero-order chi connectivity index (χ0) is 11.8. The van der Waals surface area contributed by atoms with Gasteiger partial charge >= 0.3 is 0 Å². The summed E-state index contributed by atoms with van der Waals surface area (Å²) >= 11 is 0. The summed E-state index contributed by atoms with van der Waals surface area (Å²) in [5, 5.41) is 0. The van der Waals surface area contributed by atoms with Crippen molar-refractivity contribution in [2.24, 2.45) is 27.4 Å². The van der Waals surface area contributed by atoms with Gasteiger partial charge < -0.3 is 11.5 Å². The van der Waals surface area contributed by atoms with Gasteiger partial charge in [-0.15, -0.1) is 12.4 Å². The second-order valence-corrected chi connectivity index (χ2v) is 4.93. The molecule has 0 aromatic rings. The van der Waals surface area contributed by atoms with Crippen LogP contribution in [0.15, 0.2) is 9.98 Å². The SMILES string of the molecule is CN1C(N)=NC(C)(C2CCCCC2)N=C1N.Cl. The lowest BCUT2D eigenvalue weighted by atomic mass is 9.81. The van der Waals surface area contributed by atoms with Crippen LogP contribution in [-0.2, 0) is 0 Å². The molecule has 0 saturated heterocycles. The lowest BCUT2D eigenvalue weighted by molar-refractivity contribution is 0.226. The minimum atomic E-state index is -0.443. The molecule has 0 aromatic carbocycles. The number of hydrogen-bond donors (Lipinski definition) is 2. The van der Waals surface area contributed by atoms with E-state index in [1.165, 1.54) is 32.1 Å². The van der Waals surface area contributed by atoms with Crippen LogP contribution in [0.5, 0.6) is 0 Å². The van der Waals surface area contributed by atoms with Crippen molar-refractivity contribution in [3.63, 3.8) is 0 Å². The van der Waals surface area contributed by atoms with Crippen molar-refractivity contribution in [1.29, 1.82) is 0 Å². The van der Waals surface area contributed by atoms with Gasteiger partial charge in [0.15, 0.2) is 17.6 Å². The monoisotopic (exact) mass is 259 g/mol. The van der Waals surface area contributed by atoms with Gasteiger partial charge in [0.1, 0.15) is 0 Å². The second-order valence-electron chi connectivity index (χ2n) is 4.93. The first-order chi connectivity index (χ1) is 7.53. The third-order valence-electron chi connectivity index (χ3n) is 3.75. The zero-order valence-corrected chi connectivity index (χ0v) is 11.3. The van der Waals surface area contributed by atoms with Gasteiger partial charge in [0, 0.05) is 13.0 Å². The number of hydrogen-bond acceptors (Lipinski definition) is 5. The van der Waals surface area contributed by atoms with Crippen LogP contribution in [-0.4, -0.2) is 29.5 Å². The number of halogens is 1. The number of rotatable bonds is 1. The van der Waals surface area contributed by atoms with Crippen molar-refractivity contribution < 1.29 is 0 Å². The summed E-state index contributed by atoms with van der Waals surface area (Å²) in [4.78, 5) is 10.7. The average Bonchev–Trinajstić information content (AvgIpc) is 2.27. The molecule has 1 fully saturated rings. The van der Waals surface area contributed by atoms with Gasteiger partial charge in [-0.25, -0.2) is 9.98 Å². The maximum Gasteiger partial charge on any atom is 0.200 e. The smallest absolute Gasteiger partial charge is 0.200 e. The van der Waals surface area contributed by atoms with Crippen LogP contribution in [0, 0.1) is 5.92 Å². The van der Waals surface area contributed by atoms with Crippen LogP contribution in [0.4, 0.5) is 0 Å². The highest BCUT2D eigenvalue weighted by Crippen LogP contribution is 2.37. The number of aliphatic imine (C=N–C) groups is 2. The fourth-order valence-electron chi connectivity index (χ4n) is 2.59. The minimum Gasteiger partial charge on any atom is -0.369 e. The molecule has 1 heterocycles. The molecule has 0 radical (unpaired) electrons. The fraction of sp³-hybridized carbons (Fsp3) is 0.818. The van der Waals surface area contributed by atoms with Crippen LogP contribution in [0.3, 0.4) is 0 Å². The molecule has 17 heavy (non-hydrogen) atoms. The Kier molecular flexibility index (Phi) is 4.25. The molecule has 0 amide bonds. The summed E-state index contributed by atoms with van der Waals surface area (Å²) in [6, 6.07) is 0. The van der Waals surface area contributed by atoms with Gasteiger partial charge in [0.05, 0.1) is 0 Å². The standard InChI is InChI=1S/C11H21N5.ClH/c1-11(8-6-4-3-5-7-8)14-9(12)16(2)10(13)15-11;/h8H,3-7H2,1-2H3,(H2,12,14)(H2,13,15);1H. The molecule has 2 rings (SSSR count). The topological polar surface area (TPSA) is 80.0 Å². The summed E-state index contributed by atoms with van der Waals surface area (Å²) in [5.74, 6) is 1.42. The van der Waals surface area contributed by atoms with E-state index in [1.54, 1.807) is 11.9 Å². The first-order valence-electron chi connectivity index (χ1n) is 5.97. The van der Waals surface area contributed by atoms with Crippen molar-refractivity contribution in [3.05, 3.63) is 0 Å². The Morgan fingerprint density at radius 2 is 1.59 bits per heavy atom. The highest BCUT2D eigenvalue weighted by atomic mass is 35.5. The van der Waals surface area contributed by atoms with E-state index in [4.69, 9.17) is 11.5 Å². The van der Waals surface area contributed by atoms with E-state index < -0.39 is 5.66 Å². The molecule has 6 heteroatoms. The van der Waals surface area contributed by atoms with Crippen molar-refractivity contribution in [2.45, 2.75) is 44.7 Å². The molecule has 1 aliphatic carbocycles. The largest absolute Gasteiger partial charge is 0.369 e. The first-order valence-corrected chi connectivity index (χ1v) is 5.97. The number of guanidine groups is 2. The van der Waals surface area contributed by atoms with Gasteiger partial charge in [-0.05, 0) is 19.8 Å². The summed E-state index contributed by atoms with van der Waals surface area (Å²) in [6.45, 7) is 2.04. The Balaban J connectivity index is 0.00000144. The van der Waals surface area contributed by atoms with Crippen molar-refractivity contribution in [2.75, 3.05) is 7.05 Å². The Hall–Kier alpha value is -0.970. The minimum absolute atomic E-state index is 0. The fourth-order valence-corrected chi connectivity index (χ4v) is 2.59. The Morgan fingerprint density at radius 1 is 1.12 bits per heavy atom. The second kappa shape index (κ2) is 5.12. The summed E-state index contributed by atoms with van der Waals surface area (Å²) < 4.78 is 0. The summed E-state index contributed by atoms with van der Waals surface area (Å²) in [7, 11) is 1.79. The van der Waals surface area contributed by atoms with E-state index in [0.717, 1.165) is 0 Å². The highest BCUT2D eigenvalue weighted by molar-refractivity contribution is 5.98. The molecule has 0 bridgehead atoms. The van der Waals surface area contributed by atoms with Crippen molar-refractivity contribution in [3.8, 4) is 0 Å². The summed E-state index contributed by atoms with van der Waals surface area (Å²) in [5.41, 5.74) is 11.3. The molecule has 2 aliphatic rings. The van der Waals surface area contributed by atoms with E-state index in [-0.39, 0.29) is 12.4 Å². The van der Waals surface area contributed by atoms with E-state index >= 15 is 0 Å². The van der Waals surface area contributed by atoms with Crippen LogP contribution in [0.1, 0.15) is 39.0 Å². The van der Waals surface area contributed by atoms with Crippen LogP contribution >= 0.6 is 12.4 Å².